The number of carbonyl (C=O) groups is 1. The van der Waals surface area contributed by atoms with Crippen LogP contribution in [0, 0.1) is 5.92 Å². The van der Waals surface area contributed by atoms with Crippen LogP contribution in [0.5, 0.6) is 5.75 Å². The minimum absolute atomic E-state index is 0.0181. The van der Waals surface area contributed by atoms with Gasteiger partial charge in [-0.15, -0.1) is 0 Å². The molecule has 3 N–H and O–H groups in total. The summed E-state index contributed by atoms with van der Waals surface area (Å²) in [6, 6.07) is 7.57. The minimum Gasteiger partial charge on any atom is -0.491 e. The van der Waals surface area contributed by atoms with Gasteiger partial charge in [0.1, 0.15) is 5.75 Å². The van der Waals surface area contributed by atoms with Gasteiger partial charge < -0.3 is 15.8 Å². The first-order chi connectivity index (χ1) is 10.1. The number of rotatable bonds is 6. The fraction of sp³-hybridized carbons (Fsp3) is 0.588. The normalized spacial score (nSPS) is 22.8. The highest BCUT2D eigenvalue weighted by Gasteiger charge is 2.27. The summed E-state index contributed by atoms with van der Waals surface area (Å²) in [6.45, 7) is 4.77. The highest BCUT2D eigenvalue weighted by atomic mass is 16.5. The highest BCUT2D eigenvalue weighted by Crippen LogP contribution is 2.25. The number of benzene rings is 1. The van der Waals surface area contributed by atoms with Gasteiger partial charge >= 0.3 is 0 Å². The number of hydrogen-bond donors (Lipinski definition) is 2. The molecule has 0 aliphatic heterocycles. The third-order valence-electron chi connectivity index (χ3n) is 4.31. The van der Waals surface area contributed by atoms with Gasteiger partial charge in [0.15, 0.2) is 0 Å². The Morgan fingerprint density at radius 1 is 1.38 bits per heavy atom. The number of carbonyl (C=O) groups excluding carboxylic acids is 1. The van der Waals surface area contributed by atoms with Crippen LogP contribution in [0.3, 0.4) is 0 Å². The van der Waals surface area contributed by atoms with Crippen LogP contribution in [0.25, 0.3) is 0 Å². The Bertz CT molecular complexity index is 458. The molecular formula is C17H26N2O2. The molecule has 0 saturated heterocycles. The summed E-state index contributed by atoms with van der Waals surface area (Å²) in [5.74, 6) is 1.21. The van der Waals surface area contributed by atoms with Crippen LogP contribution < -0.4 is 15.8 Å². The largest absolute Gasteiger partial charge is 0.491 e. The molecule has 0 heterocycles. The van der Waals surface area contributed by atoms with Gasteiger partial charge in [-0.3, -0.25) is 4.79 Å². The van der Waals surface area contributed by atoms with E-state index in [2.05, 4.69) is 12.2 Å². The summed E-state index contributed by atoms with van der Waals surface area (Å²) in [5, 5.41) is 3.11. The van der Waals surface area contributed by atoms with Crippen molar-refractivity contribution in [2.24, 2.45) is 11.7 Å². The van der Waals surface area contributed by atoms with E-state index in [4.69, 9.17) is 10.5 Å². The summed E-state index contributed by atoms with van der Waals surface area (Å²) < 4.78 is 5.72. The topological polar surface area (TPSA) is 64.3 Å². The summed E-state index contributed by atoms with van der Waals surface area (Å²) in [6.07, 6.45) is 4.44. The van der Waals surface area contributed by atoms with Gasteiger partial charge in [0, 0.05) is 11.6 Å². The van der Waals surface area contributed by atoms with E-state index in [1.54, 1.807) is 0 Å². The van der Waals surface area contributed by atoms with Crippen LogP contribution in [-0.2, 0) is 0 Å². The molecule has 4 nitrogen and oxygen atoms in total. The fourth-order valence-corrected chi connectivity index (χ4v) is 2.76. The molecule has 1 aromatic rings. The van der Waals surface area contributed by atoms with Crippen molar-refractivity contribution in [3.8, 4) is 5.75 Å². The standard InChI is InChI=1S/C17H26N2O2/c1-3-12(2)21-15-9-7-13(8-10-15)17(20)19-16-6-4-5-14(16)11-18/h7-10,12,14,16H,3-6,11,18H2,1-2H3,(H,19,20). The van der Waals surface area contributed by atoms with Gasteiger partial charge in [0.2, 0.25) is 0 Å². The third-order valence-corrected chi connectivity index (χ3v) is 4.31. The molecule has 0 radical (unpaired) electrons. The molecule has 2 rings (SSSR count). The van der Waals surface area contributed by atoms with Crippen molar-refractivity contribution in [2.45, 2.75) is 51.7 Å². The molecular weight excluding hydrogens is 264 g/mol. The Morgan fingerprint density at radius 2 is 2.10 bits per heavy atom. The average Bonchev–Trinajstić information content (AvgIpc) is 2.95. The zero-order valence-electron chi connectivity index (χ0n) is 13.0. The predicted molar refractivity (Wildman–Crippen MR) is 84.5 cm³/mol. The lowest BCUT2D eigenvalue weighted by molar-refractivity contribution is 0.0928. The van der Waals surface area contributed by atoms with Crippen LogP contribution in [0.2, 0.25) is 0 Å². The molecule has 1 amide bonds. The molecule has 1 saturated carbocycles. The maximum Gasteiger partial charge on any atom is 0.251 e. The van der Waals surface area contributed by atoms with Gasteiger partial charge in [0.05, 0.1) is 6.10 Å². The van der Waals surface area contributed by atoms with E-state index in [0.717, 1.165) is 31.4 Å². The number of nitrogens with two attached hydrogens (primary N) is 1. The van der Waals surface area contributed by atoms with E-state index in [0.29, 0.717) is 18.0 Å². The van der Waals surface area contributed by atoms with Gasteiger partial charge in [0.25, 0.3) is 5.91 Å². The first-order valence-corrected chi connectivity index (χ1v) is 7.91. The first kappa shape index (κ1) is 15.8. The van der Waals surface area contributed by atoms with E-state index in [1.807, 2.05) is 31.2 Å². The molecule has 1 fully saturated rings. The Kier molecular flexibility index (Phi) is 5.62. The van der Waals surface area contributed by atoms with Crippen molar-refractivity contribution < 1.29 is 9.53 Å². The van der Waals surface area contributed by atoms with Crippen LogP contribution in [0.1, 0.15) is 49.9 Å². The zero-order chi connectivity index (χ0) is 15.2. The second kappa shape index (κ2) is 7.46. The molecule has 1 aliphatic carbocycles. The Balaban J connectivity index is 1.93. The number of amides is 1. The van der Waals surface area contributed by atoms with Crippen molar-refractivity contribution >= 4 is 5.91 Å². The van der Waals surface area contributed by atoms with E-state index < -0.39 is 0 Å². The predicted octanol–water partition coefficient (Wildman–Crippen LogP) is 2.72. The van der Waals surface area contributed by atoms with Gasteiger partial charge in [-0.05, 0) is 62.9 Å². The van der Waals surface area contributed by atoms with E-state index in [1.165, 1.54) is 0 Å². The first-order valence-electron chi connectivity index (χ1n) is 7.91. The second-order valence-electron chi connectivity index (χ2n) is 5.87. The molecule has 0 aromatic heterocycles. The smallest absolute Gasteiger partial charge is 0.251 e. The summed E-state index contributed by atoms with van der Waals surface area (Å²) in [7, 11) is 0. The molecule has 116 valence electrons. The van der Waals surface area contributed by atoms with Crippen LogP contribution in [-0.4, -0.2) is 24.6 Å². The van der Waals surface area contributed by atoms with Crippen molar-refractivity contribution in [3.63, 3.8) is 0 Å². The summed E-state index contributed by atoms with van der Waals surface area (Å²) in [4.78, 5) is 12.3. The Morgan fingerprint density at radius 3 is 2.71 bits per heavy atom. The summed E-state index contributed by atoms with van der Waals surface area (Å²) >= 11 is 0. The quantitative estimate of drug-likeness (QED) is 0.846. The number of ether oxygens (including phenoxy) is 1. The van der Waals surface area contributed by atoms with Crippen LogP contribution in [0.4, 0.5) is 0 Å². The van der Waals surface area contributed by atoms with Crippen molar-refractivity contribution in [1.82, 2.24) is 5.32 Å². The molecule has 1 aliphatic rings. The Hall–Kier alpha value is -1.55. The molecule has 0 bridgehead atoms. The van der Waals surface area contributed by atoms with Gasteiger partial charge in [-0.1, -0.05) is 13.3 Å². The average molecular weight is 290 g/mol. The van der Waals surface area contributed by atoms with Crippen molar-refractivity contribution in [3.05, 3.63) is 29.8 Å². The second-order valence-corrected chi connectivity index (χ2v) is 5.87. The van der Waals surface area contributed by atoms with Crippen LogP contribution in [0.15, 0.2) is 24.3 Å². The maximum absolute atomic E-state index is 12.3. The highest BCUT2D eigenvalue weighted by molar-refractivity contribution is 5.94. The monoisotopic (exact) mass is 290 g/mol. The fourth-order valence-electron chi connectivity index (χ4n) is 2.76. The maximum atomic E-state index is 12.3. The molecule has 4 heteroatoms. The van der Waals surface area contributed by atoms with Gasteiger partial charge in [-0.25, -0.2) is 0 Å². The van der Waals surface area contributed by atoms with Crippen molar-refractivity contribution in [1.29, 1.82) is 0 Å². The lowest BCUT2D eigenvalue weighted by Crippen LogP contribution is -2.39. The summed E-state index contributed by atoms with van der Waals surface area (Å²) in [5.41, 5.74) is 6.43. The zero-order valence-corrected chi connectivity index (χ0v) is 13.0. The lowest BCUT2D eigenvalue weighted by Gasteiger charge is -2.19. The van der Waals surface area contributed by atoms with E-state index in [9.17, 15) is 4.79 Å². The molecule has 3 unspecified atom stereocenters. The van der Waals surface area contributed by atoms with Gasteiger partial charge in [-0.2, -0.15) is 0 Å². The minimum atomic E-state index is -0.0181. The molecule has 1 aromatic carbocycles. The van der Waals surface area contributed by atoms with Crippen LogP contribution >= 0.6 is 0 Å². The third kappa shape index (κ3) is 4.21. The van der Waals surface area contributed by atoms with E-state index >= 15 is 0 Å². The lowest BCUT2D eigenvalue weighted by atomic mass is 10.0. The Labute approximate surface area is 127 Å². The number of nitrogens with one attached hydrogen (secondary N) is 1. The number of hydrogen-bond acceptors (Lipinski definition) is 3. The molecule has 3 atom stereocenters. The van der Waals surface area contributed by atoms with Crippen molar-refractivity contribution in [2.75, 3.05) is 6.54 Å². The SMILES string of the molecule is CCC(C)Oc1ccc(C(=O)NC2CCCC2CN)cc1. The van der Waals surface area contributed by atoms with E-state index in [-0.39, 0.29) is 18.1 Å². The molecule has 0 spiro atoms. The molecule has 21 heavy (non-hydrogen) atoms.